The molecule has 0 bridgehead atoms. The Morgan fingerprint density at radius 3 is 2.41 bits per heavy atom. The fourth-order valence-corrected chi connectivity index (χ4v) is 5.40. The van der Waals surface area contributed by atoms with Gasteiger partial charge in [0.05, 0.1) is 11.9 Å². The Morgan fingerprint density at radius 2 is 1.77 bits per heavy atom. The van der Waals surface area contributed by atoms with Crippen molar-refractivity contribution >= 4 is 11.9 Å². The van der Waals surface area contributed by atoms with Gasteiger partial charge in [-0.2, -0.15) is 0 Å². The summed E-state index contributed by atoms with van der Waals surface area (Å²) in [7, 11) is 0. The maximum atomic E-state index is 11.9. The van der Waals surface area contributed by atoms with Crippen molar-refractivity contribution in [1.29, 1.82) is 0 Å². The van der Waals surface area contributed by atoms with E-state index in [1.54, 1.807) is 0 Å². The predicted octanol–water partition coefficient (Wildman–Crippen LogP) is 5.35. The molecule has 0 radical (unpaired) electrons. The molecule has 1 saturated carbocycles. The van der Waals surface area contributed by atoms with Crippen LogP contribution in [0.5, 0.6) is 11.5 Å². The maximum Gasteiger partial charge on any atom is 0.302 e. The summed E-state index contributed by atoms with van der Waals surface area (Å²) in [6.07, 6.45) is 13.6. The van der Waals surface area contributed by atoms with Gasteiger partial charge in [-0.15, -0.1) is 0 Å². The van der Waals surface area contributed by atoms with Crippen LogP contribution in [0.3, 0.4) is 0 Å². The summed E-state index contributed by atoms with van der Waals surface area (Å²) in [6.45, 7) is 5.60. The van der Waals surface area contributed by atoms with Crippen molar-refractivity contribution in [2.75, 3.05) is 6.54 Å². The molecule has 39 heavy (non-hydrogen) atoms. The van der Waals surface area contributed by atoms with Crippen LogP contribution in [0.15, 0.2) is 35.7 Å². The standard InChI is InChI=1S/C31H46N2O6/c1-4-5-6-11-27(37-21(2)34)20-28(38-22(3)35)13-12-23-16-25(17-24-14-15-33-30(32)19-24)31(36)29(18-23)39-26-9-7-8-10-26/h14,16,18-19,26-28,33,36H,4-13,15,17,20,32H2,1-3H3/t27-,28+/m0/s1. The van der Waals surface area contributed by atoms with Crippen LogP contribution in [0.25, 0.3) is 0 Å². The maximum absolute atomic E-state index is 11.9. The fourth-order valence-electron chi connectivity index (χ4n) is 5.40. The summed E-state index contributed by atoms with van der Waals surface area (Å²) in [4.78, 5) is 23.6. The minimum absolute atomic E-state index is 0.106. The molecule has 2 atom stereocenters. The first-order valence-corrected chi connectivity index (χ1v) is 14.5. The summed E-state index contributed by atoms with van der Waals surface area (Å²) in [5.41, 5.74) is 8.76. The third-order valence-electron chi connectivity index (χ3n) is 7.29. The zero-order valence-electron chi connectivity index (χ0n) is 23.8. The van der Waals surface area contributed by atoms with Crippen molar-refractivity contribution in [3.05, 3.63) is 46.8 Å². The molecular weight excluding hydrogens is 496 g/mol. The summed E-state index contributed by atoms with van der Waals surface area (Å²) in [5, 5.41) is 14.2. The molecule has 1 aliphatic carbocycles. The van der Waals surface area contributed by atoms with Gasteiger partial charge in [-0.3, -0.25) is 9.59 Å². The number of esters is 2. The molecule has 1 aromatic rings. The molecule has 0 spiro atoms. The predicted molar refractivity (Wildman–Crippen MR) is 151 cm³/mol. The van der Waals surface area contributed by atoms with Crippen LogP contribution in [0, 0.1) is 0 Å². The van der Waals surface area contributed by atoms with E-state index >= 15 is 0 Å². The van der Waals surface area contributed by atoms with E-state index in [4.69, 9.17) is 19.9 Å². The number of benzene rings is 1. The zero-order valence-corrected chi connectivity index (χ0v) is 23.8. The number of carbonyl (C=O) groups is 2. The van der Waals surface area contributed by atoms with E-state index in [1.807, 2.05) is 18.2 Å². The monoisotopic (exact) mass is 542 g/mol. The van der Waals surface area contributed by atoms with Crippen LogP contribution in [0.4, 0.5) is 0 Å². The Labute approximate surface area is 233 Å². The first kappa shape index (κ1) is 30.4. The van der Waals surface area contributed by atoms with E-state index in [-0.39, 0.29) is 36.0 Å². The first-order valence-electron chi connectivity index (χ1n) is 14.5. The fraction of sp³-hybridized carbons (Fsp3) is 0.613. The highest BCUT2D eigenvalue weighted by Gasteiger charge is 2.23. The molecule has 0 amide bonds. The molecule has 2 aliphatic rings. The highest BCUT2D eigenvalue weighted by molar-refractivity contribution is 5.66. The molecule has 4 N–H and O–H groups in total. The number of carbonyl (C=O) groups excluding carboxylic acids is 2. The van der Waals surface area contributed by atoms with Gasteiger partial charge in [0.15, 0.2) is 11.5 Å². The average Bonchev–Trinajstić information content (AvgIpc) is 3.38. The summed E-state index contributed by atoms with van der Waals surface area (Å²) < 4.78 is 17.5. The molecule has 0 unspecified atom stereocenters. The second-order valence-corrected chi connectivity index (χ2v) is 10.8. The number of aryl methyl sites for hydroxylation is 1. The van der Waals surface area contributed by atoms with Gasteiger partial charge in [-0.25, -0.2) is 0 Å². The molecule has 1 heterocycles. The van der Waals surface area contributed by atoms with Crippen LogP contribution in [-0.4, -0.2) is 41.9 Å². The number of dihydropyridines is 1. The van der Waals surface area contributed by atoms with Gasteiger partial charge in [0, 0.05) is 38.8 Å². The molecular formula is C31H46N2O6. The van der Waals surface area contributed by atoms with Crippen molar-refractivity contribution in [2.45, 2.75) is 116 Å². The van der Waals surface area contributed by atoms with Crippen molar-refractivity contribution in [2.24, 2.45) is 5.73 Å². The van der Waals surface area contributed by atoms with E-state index in [9.17, 15) is 14.7 Å². The number of phenols is 1. The molecule has 1 aliphatic heterocycles. The first-order chi connectivity index (χ1) is 18.7. The smallest absolute Gasteiger partial charge is 0.302 e. The second-order valence-electron chi connectivity index (χ2n) is 10.8. The van der Waals surface area contributed by atoms with Crippen molar-refractivity contribution in [1.82, 2.24) is 5.32 Å². The summed E-state index contributed by atoms with van der Waals surface area (Å²) in [6, 6.07) is 3.91. The van der Waals surface area contributed by atoms with Gasteiger partial charge in [0.25, 0.3) is 0 Å². The number of rotatable bonds is 15. The number of phenolic OH excluding ortho intramolecular Hbond substituents is 1. The van der Waals surface area contributed by atoms with Crippen LogP contribution >= 0.6 is 0 Å². The molecule has 8 nitrogen and oxygen atoms in total. The van der Waals surface area contributed by atoms with Crippen LogP contribution < -0.4 is 15.8 Å². The number of ether oxygens (including phenoxy) is 3. The molecule has 216 valence electrons. The lowest BCUT2D eigenvalue weighted by Crippen LogP contribution is -2.27. The zero-order chi connectivity index (χ0) is 28.2. The SMILES string of the molecule is CCCCC[C@@H](C[C@@H](CCc1cc(CC2=CCNC(N)=C2)c(O)c(OC2CCCC2)c1)OC(C)=O)OC(C)=O. The van der Waals surface area contributed by atoms with E-state index < -0.39 is 0 Å². The van der Waals surface area contributed by atoms with Gasteiger partial charge in [-0.1, -0.05) is 31.9 Å². The van der Waals surface area contributed by atoms with Gasteiger partial charge < -0.3 is 30.4 Å². The lowest BCUT2D eigenvalue weighted by atomic mass is 9.95. The van der Waals surface area contributed by atoms with Crippen molar-refractivity contribution in [3.8, 4) is 11.5 Å². The number of unbranched alkanes of at least 4 members (excludes halogenated alkanes) is 2. The Bertz CT molecular complexity index is 1030. The summed E-state index contributed by atoms with van der Waals surface area (Å²) in [5.74, 6) is 0.601. The van der Waals surface area contributed by atoms with Crippen LogP contribution in [0.1, 0.15) is 96.1 Å². The highest BCUT2D eigenvalue weighted by Crippen LogP contribution is 2.37. The molecule has 3 rings (SSSR count). The van der Waals surface area contributed by atoms with Crippen LogP contribution in [-0.2, 0) is 31.9 Å². The molecule has 1 fully saturated rings. The van der Waals surface area contributed by atoms with E-state index in [2.05, 4.69) is 18.3 Å². The molecule has 0 saturated heterocycles. The lowest BCUT2D eigenvalue weighted by Gasteiger charge is -2.24. The quantitative estimate of drug-likeness (QED) is 0.200. The average molecular weight is 543 g/mol. The number of hydrogen-bond acceptors (Lipinski definition) is 8. The molecule has 1 aromatic carbocycles. The van der Waals surface area contributed by atoms with Gasteiger partial charge >= 0.3 is 11.9 Å². The second kappa shape index (κ2) is 15.4. The highest BCUT2D eigenvalue weighted by atomic mass is 16.6. The van der Waals surface area contributed by atoms with Crippen LogP contribution in [0.2, 0.25) is 0 Å². The Morgan fingerprint density at radius 1 is 1.08 bits per heavy atom. The normalized spacial score (nSPS) is 17.0. The number of nitrogens with one attached hydrogen (secondary N) is 1. The largest absolute Gasteiger partial charge is 0.504 e. The third kappa shape index (κ3) is 10.5. The van der Waals surface area contributed by atoms with E-state index in [0.717, 1.165) is 68.1 Å². The lowest BCUT2D eigenvalue weighted by molar-refractivity contribution is -0.153. The van der Waals surface area contributed by atoms with Gasteiger partial charge in [0.2, 0.25) is 0 Å². The van der Waals surface area contributed by atoms with Gasteiger partial charge in [-0.05, 0) is 74.6 Å². The van der Waals surface area contributed by atoms with Crippen molar-refractivity contribution in [3.63, 3.8) is 0 Å². The Balaban J connectivity index is 1.78. The number of nitrogens with two attached hydrogens (primary N) is 1. The number of hydrogen-bond donors (Lipinski definition) is 3. The summed E-state index contributed by atoms with van der Waals surface area (Å²) >= 11 is 0. The number of allylic oxidation sites excluding steroid dienone is 2. The molecule has 8 heteroatoms. The third-order valence-corrected chi connectivity index (χ3v) is 7.29. The minimum atomic E-state index is -0.389. The van der Waals surface area contributed by atoms with Crippen molar-refractivity contribution < 1.29 is 28.9 Å². The molecule has 0 aromatic heterocycles. The van der Waals surface area contributed by atoms with Gasteiger partial charge in [0.1, 0.15) is 12.2 Å². The Kier molecular flexibility index (Phi) is 12.0. The van der Waals surface area contributed by atoms with E-state index in [0.29, 0.717) is 43.8 Å². The van der Waals surface area contributed by atoms with E-state index in [1.165, 1.54) is 13.8 Å². The topological polar surface area (TPSA) is 120 Å². The number of aromatic hydroxyl groups is 1. The Hall–Kier alpha value is -3.16. The minimum Gasteiger partial charge on any atom is -0.504 e.